The molecule has 2 aromatic rings. The molecule has 2 nitrogen and oxygen atoms in total. The zero-order valence-electron chi connectivity index (χ0n) is 22.6. The lowest BCUT2D eigenvalue weighted by atomic mass is 9.95. The molecule has 2 aromatic carbocycles. The highest BCUT2D eigenvalue weighted by Crippen LogP contribution is 2.25. The van der Waals surface area contributed by atoms with Crippen molar-refractivity contribution < 1.29 is 0 Å². The van der Waals surface area contributed by atoms with Crippen LogP contribution in [0.15, 0.2) is 65.7 Å². The number of unbranched alkanes of at least 4 members (excludes halogenated alkanes) is 2. The van der Waals surface area contributed by atoms with Crippen LogP contribution < -0.4 is 5.32 Å². The lowest BCUT2D eigenvalue weighted by Gasteiger charge is -2.26. The Morgan fingerprint density at radius 2 is 1.65 bits per heavy atom. The van der Waals surface area contributed by atoms with Gasteiger partial charge in [-0.05, 0) is 62.5 Å². The summed E-state index contributed by atoms with van der Waals surface area (Å²) in [6.45, 7) is 13.6. The Morgan fingerprint density at radius 3 is 2.24 bits per heavy atom. The number of hydrogen-bond acceptors (Lipinski definition) is 2. The topological polar surface area (TPSA) is 24.4 Å². The van der Waals surface area contributed by atoms with E-state index in [0.29, 0.717) is 18.0 Å². The maximum absolute atomic E-state index is 5.21. The van der Waals surface area contributed by atoms with Crippen LogP contribution in [0.5, 0.6) is 0 Å². The van der Waals surface area contributed by atoms with Crippen LogP contribution in [0.4, 0.5) is 0 Å². The molecule has 0 aliphatic heterocycles. The molecule has 186 valence electrons. The summed E-state index contributed by atoms with van der Waals surface area (Å²) in [6.07, 6.45) is 11.5. The molecule has 0 heterocycles. The lowest BCUT2D eigenvalue weighted by molar-refractivity contribution is 0.372. The van der Waals surface area contributed by atoms with E-state index in [0.717, 1.165) is 37.8 Å². The van der Waals surface area contributed by atoms with Gasteiger partial charge in [-0.2, -0.15) is 0 Å². The van der Waals surface area contributed by atoms with Gasteiger partial charge < -0.3 is 5.32 Å². The molecule has 34 heavy (non-hydrogen) atoms. The molecule has 2 atom stereocenters. The molecule has 0 saturated heterocycles. The third-order valence-corrected chi connectivity index (χ3v) is 6.54. The van der Waals surface area contributed by atoms with Crippen molar-refractivity contribution in [3.63, 3.8) is 0 Å². The van der Waals surface area contributed by atoms with Crippen molar-refractivity contribution in [3.8, 4) is 0 Å². The third-order valence-electron chi connectivity index (χ3n) is 6.54. The largest absolute Gasteiger partial charge is 0.307 e. The Morgan fingerprint density at radius 1 is 0.941 bits per heavy atom. The minimum absolute atomic E-state index is 0.381. The van der Waals surface area contributed by atoms with Gasteiger partial charge in [0.1, 0.15) is 0 Å². The minimum Gasteiger partial charge on any atom is -0.307 e. The minimum atomic E-state index is 0.381. The molecule has 2 rings (SSSR count). The Hall–Kier alpha value is -2.19. The summed E-state index contributed by atoms with van der Waals surface area (Å²) >= 11 is 0. The van der Waals surface area contributed by atoms with Gasteiger partial charge >= 0.3 is 0 Å². The molecule has 0 radical (unpaired) electrons. The van der Waals surface area contributed by atoms with Crippen molar-refractivity contribution in [1.29, 1.82) is 0 Å². The van der Waals surface area contributed by atoms with E-state index in [1.807, 2.05) is 0 Å². The Bertz CT molecular complexity index is 862. The Labute approximate surface area is 210 Å². The van der Waals surface area contributed by atoms with E-state index in [4.69, 9.17) is 4.99 Å². The first-order valence-electron chi connectivity index (χ1n) is 13.6. The summed E-state index contributed by atoms with van der Waals surface area (Å²) in [4.78, 5) is 5.21. The van der Waals surface area contributed by atoms with Crippen LogP contribution in [-0.2, 0) is 0 Å². The molecule has 0 fully saturated rings. The van der Waals surface area contributed by atoms with Gasteiger partial charge in [0, 0.05) is 17.8 Å². The fourth-order valence-corrected chi connectivity index (χ4v) is 4.36. The summed E-state index contributed by atoms with van der Waals surface area (Å²) in [7, 11) is 0. The maximum Gasteiger partial charge on any atom is 0.0662 e. The predicted molar refractivity (Wildman–Crippen MR) is 151 cm³/mol. The standard InChI is InChI=1S/C32H48N2/c1-7-10-12-17-29(8-2)33-31(28-20-18-26(6)19-21-28)23-22-30(9-3)34-32(24-25(4)5)27-15-13-11-14-16-27/h11,13-16,18-21,23,25,30,32,34H,7-10,12,17,22,24H2,1-6H3/b31-23-,33-29?. The molecular formula is C32H48N2. The number of nitrogens with one attached hydrogen (secondary N) is 1. The van der Waals surface area contributed by atoms with Crippen molar-refractivity contribution in [2.24, 2.45) is 10.9 Å². The first-order chi connectivity index (χ1) is 16.5. The summed E-state index contributed by atoms with van der Waals surface area (Å²) in [6, 6.07) is 20.6. The molecule has 2 heteroatoms. The molecule has 0 aliphatic carbocycles. The van der Waals surface area contributed by atoms with E-state index in [-0.39, 0.29) is 0 Å². The smallest absolute Gasteiger partial charge is 0.0662 e. The van der Waals surface area contributed by atoms with E-state index < -0.39 is 0 Å². The van der Waals surface area contributed by atoms with Crippen LogP contribution in [0.3, 0.4) is 0 Å². The number of nitrogens with zero attached hydrogens (tertiary/aromatic N) is 1. The zero-order valence-corrected chi connectivity index (χ0v) is 22.6. The monoisotopic (exact) mass is 460 g/mol. The van der Waals surface area contributed by atoms with Gasteiger partial charge in [0.2, 0.25) is 0 Å². The average molecular weight is 461 g/mol. The predicted octanol–water partition coefficient (Wildman–Crippen LogP) is 9.31. The van der Waals surface area contributed by atoms with Crippen molar-refractivity contribution in [2.45, 2.75) is 105 Å². The van der Waals surface area contributed by atoms with Crippen molar-refractivity contribution in [2.75, 3.05) is 0 Å². The molecular weight excluding hydrogens is 412 g/mol. The van der Waals surface area contributed by atoms with Crippen LogP contribution in [0.1, 0.15) is 109 Å². The number of aliphatic imine (C=N–C) groups is 1. The van der Waals surface area contributed by atoms with Gasteiger partial charge in [-0.25, -0.2) is 0 Å². The zero-order chi connectivity index (χ0) is 24.8. The van der Waals surface area contributed by atoms with E-state index >= 15 is 0 Å². The van der Waals surface area contributed by atoms with E-state index in [2.05, 4.69) is 108 Å². The van der Waals surface area contributed by atoms with Crippen LogP contribution in [0, 0.1) is 12.8 Å². The molecule has 0 aliphatic rings. The van der Waals surface area contributed by atoms with Gasteiger partial charge in [0.05, 0.1) is 5.70 Å². The molecule has 0 spiro atoms. The second kappa shape index (κ2) is 15.7. The number of hydrogen-bond donors (Lipinski definition) is 1. The molecule has 0 saturated carbocycles. The van der Waals surface area contributed by atoms with Crippen molar-refractivity contribution >= 4 is 11.4 Å². The summed E-state index contributed by atoms with van der Waals surface area (Å²) in [5.41, 5.74) is 6.36. The van der Waals surface area contributed by atoms with Gasteiger partial charge in [-0.15, -0.1) is 0 Å². The molecule has 1 N–H and O–H groups in total. The van der Waals surface area contributed by atoms with Crippen LogP contribution in [0.25, 0.3) is 5.70 Å². The maximum atomic E-state index is 5.21. The molecule has 0 bridgehead atoms. The Balaban J connectivity index is 2.26. The van der Waals surface area contributed by atoms with Crippen LogP contribution in [0.2, 0.25) is 0 Å². The fourth-order valence-electron chi connectivity index (χ4n) is 4.36. The number of rotatable bonds is 15. The molecule has 2 unspecified atom stereocenters. The average Bonchev–Trinajstić information content (AvgIpc) is 2.85. The second-order valence-corrected chi connectivity index (χ2v) is 10.0. The quantitative estimate of drug-likeness (QED) is 0.208. The van der Waals surface area contributed by atoms with Crippen LogP contribution in [-0.4, -0.2) is 11.8 Å². The Kier molecular flexibility index (Phi) is 12.9. The SMILES string of the molecule is CCCCCC(CC)=N/C(=C\CC(CC)NC(CC(C)C)c1ccccc1)c1ccc(C)cc1. The van der Waals surface area contributed by atoms with Gasteiger partial charge in [-0.3, -0.25) is 4.99 Å². The normalized spacial score (nSPS) is 14.4. The number of aryl methyl sites for hydroxylation is 1. The number of benzene rings is 2. The highest BCUT2D eigenvalue weighted by atomic mass is 14.9. The van der Waals surface area contributed by atoms with Gasteiger partial charge in [0.15, 0.2) is 0 Å². The van der Waals surface area contributed by atoms with Gasteiger partial charge in [-0.1, -0.05) is 114 Å². The van der Waals surface area contributed by atoms with E-state index in [1.54, 1.807) is 0 Å². The second-order valence-electron chi connectivity index (χ2n) is 10.0. The van der Waals surface area contributed by atoms with Crippen molar-refractivity contribution in [3.05, 3.63) is 77.4 Å². The first-order valence-corrected chi connectivity index (χ1v) is 13.6. The van der Waals surface area contributed by atoms with Gasteiger partial charge in [0.25, 0.3) is 0 Å². The summed E-state index contributed by atoms with van der Waals surface area (Å²) in [5.74, 6) is 0.647. The molecule has 0 aromatic heterocycles. The summed E-state index contributed by atoms with van der Waals surface area (Å²) in [5, 5.41) is 3.98. The van der Waals surface area contributed by atoms with Crippen molar-refractivity contribution in [1.82, 2.24) is 5.32 Å². The lowest BCUT2D eigenvalue weighted by Crippen LogP contribution is -2.33. The van der Waals surface area contributed by atoms with E-state index in [9.17, 15) is 0 Å². The highest BCUT2D eigenvalue weighted by Gasteiger charge is 2.17. The highest BCUT2D eigenvalue weighted by molar-refractivity contribution is 5.89. The summed E-state index contributed by atoms with van der Waals surface area (Å²) < 4.78 is 0. The first kappa shape index (κ1) is 28.1. The van der Waals surface area contributed by atoms with Crippen LogP contribution >= 0.6 is 0 Å². The third kappa shape index (κ3) is 9.97. The van der Waals surface area contributed by atoms with E-state index in [1.165, 1.54) is 41.7 Å². The fraction of sp³-hybridized carbons (Fsp3) is 0.531. The molecule has 0 amide bonds.